The van der Waals surface area contributed by atoms with Crippen molar-refractivity contribution in [1.29, 1.82) is 0 Å². The summed E-state index contributed by atoms with van der Waals surface area (Å²) in [6.07, 6.45) is 3.53. The van der Waals surface area contributed by atoms with Crippen LogP contribution in [0.5, 0.6) is 5.75 Å². The first-order valence-electron chi connectivity index (χ1n) is 11.7. The maximum atomic E-state index is 13.0. The number of carbonyl (C=O) groups excluding carboxylic acids is 1. The summed E-state index contributed by atoms with van der Waals surface area (Å²) in [5, 5.41) is 0. The van der Waals surface area contributed by atoms with E-state index in [1.165, 1.54) is 0 Å². The summed E-state index contributed by atoms with van der Waals surface area (Å²) in [6, 6.07) is 24.3. The van der Waals surface area contributed by atoms with E-state index < -0.39 is 0 Å². The van der Waals surface area contributed by atoms with Crippen LogP contribution in [0, 0.1) is 0 Å². The zero-order valence-electron chi connectivity index (χ0n) is 21.4. The van der Waals surface area contributed by atoms with Crippen molar-refractivity contribution >= 4 is 11.9 Å². The Morgan fingerprint density at radius 3 is 2.21 bits per heavy atom. The lowest BCUT2D eigenvalue weighted by Gasteiger charge is -2.24. The summed E-state index contributed by atoms with van der Waals surface area (Å²) in [6.45, 7) is 2.37. The van der Waals surface area contributed by atoms with Crippen LogP contribution in [0.15, 0.2) is 78.9 Å². The van der Waals surface area contributed by atoms with Crippen molar-refractivity contribution in [2.24, 2.45) is 0 Å². The van der Waals surface area contributed by atoms with Gasteiger partial charge in [0, 0.05) is 16.7 Å². The Morgan fingerprint density at radius 2 is 1.53 bits per heavy atom. The molecule has 0 unspecified atom stereocenters. The molecule has 0 aliphatic carbocycles. The maximum absolute atomic E-state index is 13.0. The van der Waals surface area contributed by atoms with Crippen LogP contribution < -0.4 is 4.74 Å². The predicted molar refractivity (Wildman–Crippen MR) is 142 cm³/mol. The molecule has 0 N–H and O–H groups in total. The Hall–Kier alpha value is -3.21. The monoisotopic (exact) mass is 458 g/mol. The first kappa shape index (κ1) is 25.4. The number of ketones is 1. The highest BCUT2D eigenvalue weighted by molar-refractivity contribution is 6.07. The molecule has 3 aromatic carbocycles. The van der Waals surface area contributed by atoms with Crippen LogP contribution in [0.4, 0.5) is 0 Å². The van der Waals surface area contributed by atoms with Crippen LogP contribution in [0.3, 0.4) is 0 Å². The van der Waals surface area contributed by atoms with E-state index in [0.717, 1.165) is 50.1 Å². The third-order valence-electron chi connectivity index (χ3n) is 5.42. The van der Waals surface area contributed by atoms with Gasteiger partial charge in [0.05, 0.1) is 42.3 Å². The fraction of sp³-hybridized carbons (Fsp3) is 0.300. The van der Waals surface area contributed by atoms with Crippen LogP contribution in [-0.2, 0) is 6.54 Å². The Kier molecular flexibility index (Phi) is 8.08. The molecular formula is C30H38N2O2+2. The topological polar surface area (TPSA) is 26.3 Å². The Bertz CT molecular complexity index is 1140. The number of nitrogens with zero attached hydrogens (tertiary/aromatic N) is 2. The highest BCUT2D eigenvalue weighted by atomic mass is 16.5. The SMILES string of the molecule is C[N+](C)(C)CCOc1ccc(-c2ccccc2)cc1/C=C/C(=O)c1cccc(C[N+](C)(C)C)c1. The zero-order chi connectivity index (χ0) is 24.8. The molecule has 4 nitrogen and oxygen atoms in total. The summed E-state index contributed by atoms with van der Waals surface area (Å²) in [5.74, 6) is 0.779. The summed E-state index contributed by atoms with van der Waals surface area (Å²) in [4.78, 5) is 13.0. The zero-order valence-corrected chi connectivity index (χ0v) is 21.4. The van der Waals surface area contributed by atoms with Gasteiger partial charge in [0.15, 0.2) is 5.78 Å². The number of benzene rings is 3. The van der Waals surface area contributed by atoms with Crippen molar-refractivity contribution in [3.63, 3.8) is 0 Å². The van der Waals surface area contributed by atoms with Gasteiger partial charge in [-0.3, -0.25) is 4.79 Å². The number of hydrogen-bond donors (Lipinski definition) is 0. The van der Waals surface area contributed by atoms with Gasteiger partial charge in [0.2, 0.25) is 0 Å². The average Bonchev–Trinajstić information content (AvgIpc) is 2.77. The number of likely N-dealkylation sites (N-methyl/N-ethyl adjacent to an activating group) is 1. The van der Waals surface area contributed by atoms with Crippen LogP contribution in [0.25, 0.3) is 17.2 Å². The molecule has 0 aliphatic heterocycles. The van der Waals surface area contributed by atoms with Crippen molar-refractivity contribution in [2.45, 2.75) is 6.54 Å². The van der Waals surface area contributed by atoms with E-state index in [9.17, 15) is 4.79 Å². The third kappa shape index (κ3) is 7.98. The lowest BCUT2D eigenvalue weighted by atomic mass is 10.0. The number of carbonyl (C=O) groups is 1. The molecule has 34 heavy (non-hydrogen) atoms. The van der Waals surface area contributed by atoms with Crippen molar-refractivity contribution in [3.8, 4) is 16.9 Å². The maximum Gasteiger partial charge on any atom is 0.185 e. The molecular weight excluding hydrogens is 420 g/mol. The number of quaternary nitrogens is 2. The molecule has 3 rings (SSSR count). The molecule has 4 heteroatoms. The van der Waals surface area contributed by atoms with Gasteiger partial charge in [-0.05, 0) is 41.5 Å². The molecule has 0 saturated carbocycles. The lowest BCUT2D eigenvalue weighted by molar-refractivity contribution is -0.884. The summed E-state index contributed by atoms with van der Waals surface area (Å²) in [5.41, 5.74) is 4.99. The van der Waals surface area contributed by atoms with E-state index in [1.54, 1.807) is 6.08 Å². The van der Waals surface area contributed by atoms with Crippen molar-refractivity contribution in [2.75, 3.05) is 55.4 Å². The minimum absolute atomic E-state index is 0.00863. The van der Waals surface area contributed by atoms with Gasteiger partial charge >= 0.3 is 0 Å². The molecule has 3 aromatic rings. The second-order valence-electron chi connectivity index (χ2n) is 10.8. The van der Waals surface area contributed by atoms with Gasteiger partial charge in [-0.2, -0.15) is 0 Å². The highest BCUT2D eigenvalue weighted by Gasteiger charge is 2.12. The number of ether oxygens (including phenoxy) is 1. The van der Waals surface area contributed by atoms with E-state index in [1.807, 2.05) is 48.5 Å². The first-order chi connectivity index (χ1) is 16.0. The fourth-order valence-electron chi connectivity index (χ4n) is 3.68. The van der Waals surface area contributed by atoms with Crippen LogP contribution >= 0.6 is 0 Å². The molecule has 0 saturated heterocycles. The molecule has 0 fully saturated rings. The van der Waals surface area contributed by atoms with Crippen molar-refractivity contribution in [1.82, 2.24) is 0 Å². The van der Waals surface area contributed by atoms with Gasteiger partial charge in [-0.1, -0.05) is 54.6 Å². The Morgan fingerprint density at radius 1 is 0.794 bits per heavy atom. The number of rotatable bonds is 10. The molecule has 178 valence electrons. The second-order valence-corrected chi connectivity index (χ2v) is 10.8. The molecule has 0 spiro atoms. The van der Waals surface area contributed by atoms with E-state index in [0.29, 0.717) is 12.2 Å². The van der Waals surface area contributed by atoms with Gasteiger partial charge in [0.1, 0.15) is 25.4 Å². The van der Waals surface area contributed by atoms with Gasteiger partial charge in [0.25, 0.3) is 0 Å². The smallest absolute Gasteiger partial charge is 0.185 e. The van der Waals surface area contributed by atoms with Gasteiger partial charge < -0.3 is 13.7 Å². The third-order valence-corrected chi connectivity index (χ3v) is 5.42. The molecule has 0 amide bonds. The van der Waals surface area contributed by atoms with E-state index in [4.69, 9.17) is 4.74 Å². The molecule has 0 aromatic heterocycles. The Labute approximate surface area is 204 Å². The molecule has 0 heterocycles. The standard InChI is InChI=1S/C30H38N2O2/c1-31(2,3)19-20-34-30-18-16-26(25-12-8-7-9-13-25)22-28(30)15-17-29(33)27-14-10-11-24(21-27)23-32(4,5)6/h7-18,21-22H,19-20,23H2,1-6H3/q+2/b17-15+. The summed E-state index contributed by atoms with van der Waals surface area (Å²) < 4.78 is 7.78. The van der Waals surface area contributed by atoms with Crippen LogP contribution in [0.1, 0.15) is 21.5 Å². The first-order valence-corrected chi connectivity index (χ1v) is 11.7. The van der Waals surface area contributed by atoms with Crippen molar-refractivity contribution in [3.05, 3.63) is 95.6 Å². The average molecular weight is 459 g/mol. The molecule has 0 atom stereocenters. The summed E-state index contributed by atoms with van der Waals surface area (Å²) in [7, 11) is 12.9. The van der Waals surface area contributed by atoms with E-state index >= 15 is 0 Å². The quantitative estimate of drug-likeness (QED) is 0.226. The van der Waals surface area contributed by atoms with Gasteiger partial charge in [-0.15, -0.1) is 0 Å². The van der Waals surface area contributed by atoms with Crippen molar-refractivity contribution < 1.29 is 18.5 Å². The van der Waals surface area contributed by atoms with E-state index in [2.05, 4.69) is 72.6 Å². The lowest BCUT2D eigenvalue weighted by Crippen LogP contribution is -2.38. The normalized spacial score (nSPS) is 12.2. The Balaban J connectivity index is 1.86. The number of allylic oxidation sites excluding steroid dienone is 1. The van der Waals surface area contributed by atoms with Crippen LogP contribution in [-0.4, -0.2) is 70.2 Å². The molecule has 0 aliphatic rings. The number of hydrogen-bond acceptors (Lipinski definition) is 2. The minimum Gasteiger partial charge on any atom is -0.487 e. The van der Waals surface area contributed by atoms with Gasteiger partial charge in [-0.25, -0.2) is 0 Å². The van der Waals surface area contributed by atoms with E-state index in [-0.39, 0.29) is 5.78 Å². The summed E-state index contributed by atoms with van der Waals surface area (Å²) >= 11 is 0. The molecule has 0 radical (unpaired) electrons. The predicted octanol–water partition coefficient (Wildman–Crippen LogP) is 5.54. The molecule has 0 bridgehead atoms. The second kappa shape index (κ2) is 10.8. The van der Waals surface area contributed by atoms with Crippen LogP contribution in [0.2, 0.25) is 0 Å². The largest absolute Gasteiger partial charge is 0.487 e. The minimum atomic E-state index is -0.00863. The fourth-order valence-corrected chi connectivity index (χ4v) is 3.68. The highest BCUT2D eigenvalue weighted by Crippen LogP contribution is 2.28.